The SMILES string of the molecule is CCOC(=O)c1c(C)nn(-c2ccc(C(=O)NCCSCc3ccccc3)cc2)c1C. The number of esters is 1. The van der Waals surface area contributed by atoms with Crippen molar-refractivity contribution in [1.82, 2.24) is 15.1 Å². The molecule has 3 rings (SSSR count). The molecule has 162 valence electrons. The first-order valence-electron chi connectivity index (χ1n) is 10.2. The molecule has 0 unspecified atom stereocenters. The molecular formula is C24H27N3O3S. The molecule has 1 N–H and O–H groups in total. The smallest absolute Gasteiger partial charge is 0.341 e. The highest BCUT2D eigenvalue weighted by Gasteiger charge is 2.20. The second-order valence-corrected chi connectivity index (χ2v) is 8.12. The van der Waals surface area contributed by atoms with Gasteiger partial charge in [0.25, 0.3) is 5.91 Å². The van der Waals surface area contributed by atoms with Crippen LogP contribution in [0, 0.1) is 13.8 Å². The molecule has 0 fully saturated rings. The number of benzene rings is 2. The van der Waals surface area contributed by atoms with Gasteiger partial charge in [-0.05, 0) is 50.6 Å². The van der Waals surface area contributed by atoms with Gasteiger partial charge in [-0.3, -0.25) is 4.79 Å². The Labute approximate surface area is 187 Å². The van der Waals surface area contributed by atoms with Crippen LogP contribution in [0.1, 0.15) is 44.6 Å². The fourth-order valence-electron chi connectivity index (χ4n) is 3.25. The molecule has 3 aromatic rings. The number of rotatable bonds is 9. The molecule has 0 aliphatic carbocycles. The maximum atomic E-state index is 12.4. The molecule has 7 heteroatoms. The van der Waals surface area contributed by atoms with Crippen LogP contribution in [0.15, 0.2) is 54.6 Å². The lowest BCUT2D eigenvalue weighted by atomic mass is 10.1. The van der Waals surface area contributed by atoms with Gasteiger partial charge in [-0.25, -0.2) is 9.48 Å². The fourth-order valence-corrected chi connectivity index (χ4v) is 4.07. The molecule has 0 spiro atoms. The number of aryl methyl sites for hydroxylation is 1. The van der Waals surface area contributed by atoms with E-state index in [-0.39, 0.29) is 11.9 Å². The average molecular weight is 438 g/mol. The number of hydrogen-bond donors (Lipinski definition) is 1. The average Bonchev–Trinajstić information content (AvgIpc) is 3.08. The van der Waals surface area contributed by atoms with E-state index >= 15 is 0 Å². The third-order valence-electron chi connectivity index (χ3n) is 4.79. The Kier molecular flexibility index (Phi) is 7.89. The van der Waals surface area contributed by atoms with Crippen molar-refractivity contribution in [2.24, 2.45) is 0 Å². The van der Waals surface area contributed by atoms with E-state index in [1.54, 1.807) is 42.4 Å². The van der Waals surface area contributed by atoms with Gasteiger partial charge in [0, 0.05) is 23.6 Å². The first-order chi connectivity index (χ1) is 15.0. The molecule has 6 nitrogen and oxygen atoms in total. The van der Waals surface area contributed by atoms with E-state index in [2.05, 4.69) is 22.5 Å². The zero-order chi connectivity index (χ0) is 22.2. The molecule has 0 bridgehead atoms. The molecule has 1 aromatic heterocycles. The molecule has 0 saturated carbocycles. The van der Waals surface area contributed by atoms with Gasteiger partial charge in [0.1, 0.15) is 5.56 Å². The van der Waals surface area contributed by atoms with Crippen molar-refractivity contribution < 1.29 is 14.3 Å². The quantitative estimate of drug-likeness (QED) is 0.398. The number of carbonyl (C=O) groups is 2. The Morgan fingerprint density at radius 2 is 1.77 bits per heavy atom. The lowest BCUT2D eigenvalue weighted by Gasteiger charge is -2.08. The molecule has 0 saturated heterocycles. The highest BCUT2D eigenvalue weighted by atomic mass is 32.2. The van der Waals surface area contributed by atoms with Gasteiger partial charge in [0.05, 0.1) is 23.7 Å². The molecule has 2 aromatic carbocycles. The van der Waals surface area contributed by atoms with Crippen LogP contribution in [-0.2, 0) is 10.5 Å². The largest absolute Gasteiger partial charge is 0.462 e. The zero-order valence-corrected chi connectivity index (χ0v) is 18.9. The van der Waals surface area contributed by atoms with Crippen molar-refractivity contribution in [2.75, 3.05) is 18.9 Å². The summed E-state index contributed by atoms with van der Waals surface area (Å²) < 4.78 is 6.82. The highest BCUT2D eigenvalue weighted by Crippen LogP contribution is 2.19. The Morgan fingerprint density at radius 3 is 2.45 bits per heavy atom. The fraction of sp³-hybridized carbons (Fsp3) is 0.292. The summed E-state index contributed by atoms with van der Waals surface area (Å²) in [4.78, 5) is 24.6. The van der Waals surface area contributed by atoms with E-state index < -0.39 is 0 Å². The summed E-state index contributed by atoms with van der Waals surface area (Å²) in [7, 11) is 0. The van der Waals surface area contributed by atoms with E-state index in [9.17, 15) is 9.59 Å². The number of aromatic nitrogens is 2. The third kappa shape index (κ3) is 5.76. The molecule has 0 aliphatic heterocycles. The van der Waals surface area contributed by atoms with Crippen LogP contribution in [0.4, 0.5) is 0 Å². The summed E-state index contributed by atoms with van der Waals surface area (Å²) in [6.45, 7) is 6.32. The summed E-state index contributed by atoms with van der Waals surface area (Å²) >= 11 is 1.79. The minimum Gasteiger partial charge on any atom is -0.462 e. The van der Waals surface area contributed by atoms with E-state index in [0.29, 0.717) is 35.7 Å². The second-order valence-electron chi connectivity index (χ2n) is 7.02. The molecule has 1 heterocycles. The Balaban J connectivity index is 1.55. The number of ether oxygens (including phenoxy) is 1. The predicted molar refractivity (Wildman–Crippen MR) is 124 cm³/mol. The van der Waals surface area contributed by atoms with E-state index in [1.807, 2.05) is 37.3 Å². The second kappa shape index (κ2) is 10.8. The van der Waals surface area contributed by atoms with Crippen LogP contribution in [0.5, 0.6) is 0 Å². The standard InChI is InChI=1S/C24H27N3O3S/c1-4-30-24(29)22-17(2)26-27(18(22)3)21-12-10-20(11-13-21)23(28)25-14-15-31-16-19-8-6-5-7-9-19/h5-13H,4,14-16H2,1-3H3,(H,25,28). The Morgan fingerprint density at radius 1 is 1.06 bits per heavy atom. The van der Waals surface area contributed by atoms with Gasteiger partial charge >= 0.3 is 5.97 Å². The number of nitrogens with zero attached hydrogens (tertiary/aromatic N) is 2. The first-order valence-corrected chi connectivity index (χ1v) is 11.4. The molecular weight excluding hydrogens is 410 g/mol. The van der Waals surface area contributed by atoms with Gasteiger partial charge in [-0.1, -0.05) is 30.3 Å². The summed E-state index contributed by atoms with van der Waals surface area (Å²) in [6, 6.07) is 17.5. The molecule has 31 heavy (non-hydrogen) atoms. The van der Waals surface area contributed by atoms with Crippen molar-refractivity contribution in [3.8, 4) is 5.69 Å². The van der Waals surface area contributed by atoms with Crippen LogP contribution < -0.4 is 5.32 Å². The summed E-state index contributed by atoms with van der Waals surface area (Å²) in [5.41, 5.74) is 4.46. The van der Waals surface area contributed by atoms with Crippen LogP contribution in [0.3, 0.4) is 0 Å². The molecule has 1 amide bonds. The van der Waals surface area contributed by atoms with Crippen molar-refractivity contribution in [2.45, 2.75) is 26.5 Å². The number of thioether (sulfide) groups is 1. The van der Waals surface area contributed by atoms with Gasteiger partial charge in [0.2, 0.25) is 0 Å². The van der Waals surface area contributed by atoms with Crippen LogP contribution in [-0.4, -0.2) is 40.6 Å². The maximum Gasteiger partial charge on any atom is 0.341 e. The number of hydrogen-bond acceptors (Lipinski definition) is 5. The van der Waals surface area contributed by atoms with Crippen molar-refractivity contribution >= 4 is 23.6 Å². The lowest BCUT2D eigenvalue weighted by Crippen LogP contribution is -2.25. The summed E-state index contributed by atoms with van der Waals surface area (Å²) in [5.74, 6) is 1.31. The van der Waals surface area contributed by atoms with Gasteiger partial charge in [-0.15, -0.1) is 0 Å². The Hall–Kier alpha value is -3.06. The lowest BCUT2D eigenvalue weighted by molar-refractivity contribution is 0.0524. The van der Waals surface area contributed by atoms with Crippen LogP contribution in [0.25, 0.3) is 5.69 Å². The predicted octanol–water partition coefficient (Wildman–Crippen LogP) is 4.33. The van der Waals surface area contributed by atoms with E-state index in [1.165, 1.54) is 5.56 Å². The van der Waals surface area contributed by atoms with Crippen LogP contribution in [0.2, 0.25) is 0 Å². The molecule has 0 atom stereocenters. The highest BCUT2D eigenvalue weighted by molar-refractivity contribution is 7.98. The topological polar surface area (TPSA) is 73.2 Å². The zero-order valence-electron chi connectivity index (χ0n) is 18.1. The van der Waals surface area contributed by atoms with E-state index in [0.717, 1.165) is 17.2 Å². The first kappa shape index (κ1) is 22.6. The molecule has 0 aliphatic rings. The van der Waals surface area contributed by atoms with Crippen molar-refractivity contribution in [1.29, 1.82) is 0 Å². The number of nitrogens with one attached hydrogen (secondary N) is 1. The third-order valence-corrected chi connectivity index (χ3v) is 5.82. The minimum atomic E-state index is -0.370. The summed E-state index contributed by atoms with van der Waals surface area (Å²) in [6.07, 6.45) is 0. The number of carbonyl (C=O) groups excluding carboxylic acids is 2. The molecule has 0 radical (unpaired) electrons. The normalized spacial score (nSPS) is 10.7. The van der Waals surface area contributed by atoms with Gasteiger partial charge in [-0.2, -0.15) is 16.9 Å². The maximum absolute atomic E-state index is 12.4. The van der Waals surface area contributed by atoms with Crippen LogP contribution >= 0.6 is 11.8 Å². The monoisotopic (exact) mass is 437 g/mol. The van der Waals surface area contributed by atoms with Crippen molar-refractivity contribution in [3.05, 3.63) is 82.7 Å². The van der Waals surface area contributed by atoms with Crippen molar-refractivity contribution in [3.63, 3.8) is 0 Å². The van der Waals surface area contributed by atoms with E-state index in [4.69, 9.17) is 4.74 Å². The van der Waals surface area contributed by atoms with Gasteiger partial charge in [0.15, 0.2) is 0 Å². The minimum absolute atomic E-state index is 0.104. The van der Waals surface area contributed by atoms with Gasteiger partial charge < -0.3 is 10.1 Å². The summed E-state index contributed by atoms with van der Waals surface area (Å²) in [5, 5.41) is 7.42. The number of amides is 1. The Bertz CT molecular complexity index is 1030.